The fourth-order valence-electron chi connectivity index (χ4n) is 2.42. The average molecular weight is 269 g/mol. The van der Waals surface area contributed by atoms with E-state index in [0.29, 0.717) is 17.8 Å². The molecule has 0 bridgehead atoms. The molecule has 2 aromatic carbocycles. The van der Waals surface area contributed by atoms with Gasteiger partial charge in [-0.25, -0.2) is 0 Å². The van der Waals surface area contributed by atoms with Crippen LogP contribution in [0.25, 0.3) is 0 Å². The fraction of sp³-hybridized carbons (Fsp3) is 0.333. The van der Waals surface area contributed by atoms with Crippen molar-refractivity contribution >= 4 is 0 Å². The third-order valence-electron chi connectivity index (χ3n) is 3.59. The summed E-state index contributed by atoms with van der Waals surface area (Å²) in [5.41, 5.74) is 3.84. The molecule has 20 heavy (non-hydrogen) atoms. The van der Waals surface area contributed by atoms with Gasteiger partial charge in [0.1, 0.15) is 5.75 Å². The SMILES string of the molecule is Cc1ccc([C@@H](C)NC(C)Cc2ccc(O)cc2)cc1. The van der Waals surface area contributed by atoms with Gasteiger partial charge in [0.15, 0.2) is 0 Å². The predicted octanol–water partition coefficient (Wildman–Crippen LogP) is 3.98. The molecule has 0 amide bonds. The predicted molar refractivity (Wildman–Crippen MR) is 84.0 cm³/mol. The third-order valence-corrected chi connectivity index (χ3v) is 3.59. The van der Waals surface area contributed by atoms with E-state index in [1.165, 1.54) is 16.7 Å². The first-order valence-electron chi connectivity index (χ1n) is 7.15. The maximum absolute atomic E-state index is 9.29. The molecular weight excluding hydrogens is 246 g/mol. The lowest BCUT2D eigenvalue weighted by atomic mass is 10.0. The topological polar surface area (TPSA) is 32.3 Å². The van der Waals surface area contributed by atoms with Gasteiger partial charge in [0.2, 0.25) is 0 Å². The number of phenols is 1. The molecule has 0 aliphatic heterocycles. The summed E-state index contributed by atoms with van der Waals surface area (Å²) in [5.74, 6) is 0.322. The Kier molecular flexibility index (Phi) is 4.80. The molecule has 0 saturated carbocycles. The molecule has 0 radical (unpaired) electrons. The van der Waals surface area contributed by atoms with Gasteiger partial charge in [0.25, 0.3) is 0 Å². The summed E-state index contributed by atoms with van der Waals surface area (Å²) in [6.07, 6.45) is 0.955. The zero-order valence-corrected chi connectivity index (χ0v) is 12.4. The van der Waals surface area contributed by atoms with Crippen LogP contribution in [0.3, 0.4) is 0 Å². The van der Waals surface area contributed by atoms with Gasteiger partial charge in [-0.15, -0.1) is 0 Å². The Labute approximate surface area is 121 Å². The Hall–Kier alpha value is -1.80. The van der Waals surface area contributed by atoms with E-state index in [1.54, 1.807) is 12.1 Å². The molecule has 1 unspecified atom stereocenters. The van der Waals surface area contributed by atoms with Crippen molar-refractivity contribution in [3.8, 4) is 5.75 Å². The second-order valence-corrected chi connectivity index (χ2v) is 5.57. The summed E-state index contributed by atoms with van der Waals surface area (Å²) in [5, 5.41) is 12.9. The highest BCUT2D eigenvalue weighted by Gasteiger charge is 2.10. The van der Waals surface area contributed by atoms with E-state index in [0.717, 1.165) is 6.42 Å². The number of nitrogens with one attached hydrogen (secondary N) is 1. The first-order valence-corrected chi connectivity index (χ1v) is 7.15. The van der Waals surface area contributed by atoms with Crippen LogP contribution in [0, 0.1) is 6.92 Å². The van der Waals surface area contributed by atoms with Crippen LogP contribution >= 0.6 is 0 Å². The standard InChI is InChI=1S/C18H23NO/c1-13-4-8-17(9-5-13)15(3)19-14(2)12-16-6-10-18(20)11-7-16/h4-11,14-15,19-20H,12H2,1-3H3/t14?,15-/m1/s1. The highest BCUT2D eigenvalue weighted by Crippen LogP contribution is 2.16. The lowest BCUT2D eigenvalue weighted by molar-refractivity contribution is 0.470. The zero-order chi connectivity index (χ0) is 14.5. The van der Waals surface area contributed by atoms with Gasteiger partial charge < -0.3 is 10.4 Å². The minimum Gasteiger partial charge on any atom is -0.508 e. The van der Waals surface area contributed by atoms with Crippen molar-refractivity contribution in [2.45, 2.75) is 39.3 Å². The second kappa shape index (κ2) is 6.58. The van der Waals surface area contributed by atoms with Gasteiger partial charge in [-0.05, 0) is 50.5 Å². The summed E-state index contributed by atoms with van der Waals surface area (Å²) >= 11 is 0. The van der Waals surface area contributed by atoms with Crippen molar-refractivity contribution in [3.63, 3.8) is 0 Å². The van der Waals surface area contributed by atoms with E-state index in [2.05, 4.69) is 50.4 Å². The summed E-state index contributed by atoms with van der Waals surface area (Å²) in [6.45, 7) is 6.49. The quantitative estimate of drug-likeness (QED) is 0.860. The van der Waals surface area contributed by atoms with Gasteiger partial charge in [-0.1, -0.05) is 42.0 Å². The summed E-state index contributed by atoms with van der Waals surface area (Å²) in [7, 11) is 0. The highest BCUT2D eigenvalue weighted by atomic mass is 16.3. The summed E-state index contributed by atoms with van der Waals surface area (Å²) in [4.78, 5) is 0. The Morgan fingerprint density at radius 1 is 0.950 bits per heavy atom. The van der Waals surface area contributed by atoms with Gasteiger partial charge in [0, 0.05) is 12.1 Å². The molecule has 2 nitrogen and oxygen atoms in total. The molecule has 2 heteroatoms. The van der Waals surface area contributed by atoms with E-state index in [9.17, 15) is 5.11 Å². The smallest absolute Gasteiger partial charge is 0.115 e. The molecule has 2 N–H and O–H groups in total. The monoisotopic (exact) mass is 269 g/mol. The largest absolute Gasteiger partial charge is 0.508 e. The van der Waals surface area contributed by atoms with Crippen LogP contribution in [0.5, 0.6) is 5.75 Å². The normalized spacial score (nSPS) is 13.9. The third kappa shape index (κ3) is 4.10. The number of aryl methyl sites for hydroxylation is 1. The summed E-state index contributed by atoms with van der Waals surface area (Å²) < 4.78 is 0. The van der Waals surface area contributed by atoms with Crippen LogP contribution in [-0.2, 0) is 6.42 Å². The van der Waals surface area contributed by atoms with E-state index in [-0.39, 0.29) is 0 Å². The molecule has 0 heterocycles. The molecule has 0 aromatic heterocycles. The average Bonchev–Trinajstić information content (AvgIpc) is 2.42. The maximum atomic E-state index is 9.29. The van der Waals surface area contributed by atoms with Crippen LogP contribution in [0.4, 0.5) is 0 Å². The first kappa shape index (κ1) is 14.6. The van der Waals surface area contributed by atoms with Crippen molar-refractivity contribution in [2.24, 2.45) is 0 Å². The van der Waals surface area contributed by atoms with Gasteiger partial charge in [-0.3, -0.25) is 0 Å². The van der Waals surface area contributed by atoms with Crippen molar-refractivity contribution in [3.05, 3.63) is 65.2 Å². The van der Waals surface area contributed by atoms with E-state index in [4.69, 9.17) is 0 Å². The van der Waals surface area contributed by atoms with Crippen molar-refractivity contribution in [1.82, 2.24) is 5.32 Å². The van der Waals surface area contributed by atoms with Crippen LogP contribution < -0.4 is 5.32 Å². The van der Waals surface area contributed by atoms with Crippen molar-refractivity contribution in [2.75, 3.05) is 0 Å². The molecule has 2 aromatic rings. The lowest BCUT2D eigenvalue weighted by Gasteiger charge is -2.20. The van der Waals surface area contributed by atoms with Crippen LogP contribution in [-0.4, -0.2) is 11.1 Å². The fourth-order valence-corrected chi connectivity index (χ4v) is 2.42. The summed E-state index contributed by atoms with van der Waals surface area (Å²) in [6, 6.07) is 16.8. The number of hydrogen-bond donors (Lipinski definition) is 2. The number of rotatable bonds is 5. The molecule has 0 saturated heterocycles. The van der Waals surface area contributed by atoms with Crippen LogP contribution in [0.2, 0.25) is 0 Å². The highest BCUT2D eigenvalue weighted by molar-refractivity contribution is 5.27. The Bertz CT molecular complexity index is 530. The maximum Gasteiger partial charge on any atom is 0.115 e. The molecule has 2 atom stereocenters. The molecule has 106 valence electrons. The molecule has 0 fully saturated rings. The molecular formula is C18H23NO. The van der Waals surface area contributed by atoms with Gasteiger partial charge in [0.05, 0.1) is 0 Å². The van der Waals surface area contributed by atoms with E-state index >= 15 is 0 Å². The molecule has 0 aliphatic rings. The minimum atomic E-state index is 0.322. The molecule has 0 spiro atoms. The first-order chi connectivity index (χ1) is 9.54. The number of hydrogen-bond acceptors (Lipinski definition) is 2. The number of benzene rings is 2. The molecule has 0 aliphatic carbocycles. The number of phenolic OH excluding ortho intramolecular Hbond substituents is 1. The lowest BCUT2D eigenvalue weighted by Crippen LogP contribution is -2.30. The second-order valence-electron chi connectivity index (χ2n) is 5.57. The van der Waals surface area contributed by atoms with Gasteiger partial charge in [-0.2, -0.15) is 0 Å². The van der Waals surface area contributed by atoms with Crippen LogP contribution in [0.15, 0.2) is 48.5 Å². The van der Waals surface area contributed by atoms with E-state index < -0.39 is 0 Å². The van der Waals surface area contributed by atoms with E-state index in [1.807, 2.05) is 12.1 Å². The Morgan fingerprint density at radius 3 is 2.15 bits per heavy atom. The Morgan fingerprint density at radius 2 is 1.55 bits per heavy atom. The zero-order valence-electron chi connectivity index (χ0n) is 12.4. The number of aromatic hydroxyl groups is 1. The van der Waals surface area contributed by atoms with Crippen molar-refractivity contribution < 1.29 is 5.11 Å². The van der Waals surface area contributed by atoms with Gasteiger partial charge >= 0.3 is 0 Å². The molecule has 2 rings (SSSR count). The Balaban J connectivity index is 1.92. The minimum absolute atomic E-state index is 0.322. The van der Waals surface area contributed by atoms with Crippen LogP contribution in [0.1, 0.15) is 36.6 Å². The van der Waals surface area contributed by atoms with Crippen molar-refractivity contribution in [1.29, 1.82) is 0 Å².